The molecule has 1 unspecified atom stereocenters. The van der Waals surface area contributed by atoms with Crippen LogP contribution in [0, 0.1) is 6.92 Å². The molecule has 0 aliphatic carbocycles. The normalized spacial score (nSPS) is 19.7. The van der Waals surface area contributed by atoms with Crippen molar-refractivity contribution in [2.75, 3.05) is 6.54 Å². The molecule has 1 N–H and O–H groups in total. The standard InChI is InChI=1S/C17H23N3O2/c1-12-6-4-7-13(10-12)16-19-18-15(22-16)11-20-9-5-8-14(20)17(2,3)21/h4,6-7,10,14,21H,5,8-9,11H2,1-3H3. The fourth-order valence-electron chi connectivity index (χ4n) is 3.20. The van der Waals surface area contributed by atoms with E-state index in [4.69, 9.17) is 4.42 Å². The molecule has 0 spiro atoms. The van der Waals surface area contributed by atoms with E-state index < -0.39 is 5.60 Å². The first-order valence-corrected chi connectivity index (χ1v) is 7.79. The second-order valence-electron chi connectivity index (χ2n) is 6.65. The van der Waals surface area contributed by atoms with E-state index in [1.807, 2.05) is 45.0 Å². The van der Waals surface area contributed by atoms with Crippen LogP contribution in [0.1, 0.15) is 38.1 Å². The summed E-state index contributed by atoms with van der Waals surface area (Å²) in [5.41, 5.74) is 1.40. The summed E-state index contributed by atoms with van der Waals surface area (Å²) < 4.78 is 5.80. The van der Waals surface area contributed by atoms with Crippen LogP contribution in [-0.2, 0) is 6.54 Å². The number of rotatable bonds is 4. The lowest BCUT2D eigenvalue weighted by atomic mass is 9.97. The van der Waals surface area contributed by atoms with Gasteiger partial charge in [0, 0.05) is 11.6 Å². The van der Waals surface area contributed by atoms with Gasteiger partial charge in [0.2, 0.25) is 11.8 Å². The van der Waals surface area contributed by atoms with Crippen molar-refractivity contribution in [3.63, 3.8) is 0 Å². The van der Waals surface area contributed by atoms with Gasteiger partial charge in [-0.2, -0.15) is 0 Å². The molecule has 0 amide bonds. The summed E-state index contributed by atoms with van der Waals surface area (Å²) in [5.74, 6) is 1.16. The minimum absolute atomic E-state index is 0.141. The number of aliphatic hydroxyl groups is 1. The molecule has 2 heterocycles. The number of benzene rings is 1. The summed E-state index contributed by atoms with van der Waals surface area (Å²) in [6.45, 7) is 7.31. The molecular formula is C17H23N3O2. The molecular weight excluding hydrogens is 278 g/mol. The highest BCUT2D eigenvalue weighted by molar-refractivity contribution is 5.53. The van der Waals surface area contributed by atoms with E-state index in [0.717, 1.165) is 24.9 Å². The van der Waals surface area contributed by atoms with Crippen molar-refractivity contribution >= 4 is 0 Å². The average Bonchev–Trinajstić information content (AvgIpc) is 3.08. The second-order valence-corrected chi connectivity index (χ2v) is 6.65. The molecule has 1 fully saturated rings. The molecule has 2 aromatic rings. The molecule has 118 valence electrons. The molecule has 5 heteroatoms. The van der Waals surface area contributed by atoms with Crippen molar-refractivity contribution in [2.24, 2.45) is 0 Å². The molecule has 1 atom stereocenters. The Morgan fingerprint density at radius 1 is 1.36 bits per heavy atom. The second kappa shape index (κ2) is 5.82. The van der Waals surface area contributed by atoms with Gasteiger partial charge in [0.25, 0.3) is 0 Å². The quantitative estimate of drug-likeness (QED) is 0.941. The first-order valence-electron chi connectivity index (χ1n) is 7.79. The van der Waals surface area contributed by atoms with E-state index in [9.17, 15) is 5.11 Å². The van der Waals surface area contributed by atoms with Gasteiger partial charge in [-0.25, -0.2) is 0 Å². The molecule has 22 heavy (non-hydrogen) atoms. The summed E-state index contributed by atoms with van der Waals surface area (Å²) in [7, 11) is 0. The Morgan fingerprint density at radius 3 is 2.91 bits per heavy atom. The summed E-state index contributed by atoms with van der Waals surface area (Å²) >= 11 is 0. The number of aromatic nitrogens is 2. The highest BCUT2D eigenvalue weighted by Gasteiger charge is 2.36. The third-order valence-corrected chi connectivity index (χ3v) is 4.25. The zero-order chi connectivity index (χ0) is 15.7. The summed E-state index contributed by atoms with van der Waals surface area (Å²) in [6.07, 6.45) is 2.09. The minimum Gasteiger partial charge on any atom is -0.419 e. The summed E-state index contributed by atoms with van der Waals surface area (Å²) in [4.78, 5) is 2.23. The molecule has 1 saturated heterocycles. The third-order valence-electron chi connectivity index (χ3n) is 4.25. The SMILES string of the molecule is Cc1cccc(-c2nnc(CN3CCCC3C(C)(C)O)o2)c1. The predicted molar refractivity (Wildman–Crippen MR) is 84.2 cm³/mol. The molecule has 5 nitrogen and oxygen atoms in total. The smallest absolute Gasteiger partial charge is 0.247 e. The Kier molecular flexibility index (Phi) is 4.02. The monoisotopic (exact) mass is 301 g/mol. The Morgan fingerprint density at radius 2 is 2.18 bits per heavy atom. The van der Waals surface area contributed by atoms with Crippen molar-refractivity contribution in [1.29, 1.82) is 0 Å². The van der Waals surface area contributed by atoms with Crippen LogP contribution in [-0.4, -0.2) is 38.4 Å². The molecule has 0 saturated carbocycles. The van der Waals surface area contributed by atoms with Crippen LogP contribution in [0.4, 0.5) is 0 Å². The number of hydrogen-bond donors (Lipinski definition) is 1. The van der Waals surface area contributed by atoms with Crippen LogP contribution in [0.25, 0.3) is 11.5 Å². The van der Waals surface area contributed by atoms with E-state index in [2.05, 4.69) is 15.1 Å². The van der Waals surface area contributed by atoms with Crippen molar-refractivity contribution in [2.45, 2.75) is 51.8 Å². The van der Waals surface area contributed by atoms with E-state index in [1.54, 1.807) is 0 Å². The number of likely N-dealkylation sites (tertiary alicyclic amines) is 1. The Balaban J connectivity index is 1.75. The maximum Gasteiger partial charge on any atom is 0.247 e. The van der Waals surface area contributed by atoms with E-state index in [0.29, 0.717) is 18.3 Å². The number of hydrogen-bond acceptors (Lipinski definition) is 5. The van der Waals surface area contributed by atoms with Crippen molar-refractivity contribution in [3.05, 3.63) is 35.7 Å². The molecule has 3 rings (SSSR count). The van der Waals surface area contributed by atoms with Gasteiger partial charge in [-0.1, -0.05) is 17.7 Å². The van der Waals surface area contributed by atoms with Gasteiger partial charge in [0.1, 0.15) is 0 Å². The Hall–Kier alpha value is -1.72. The van der Waals surface area contributed by atoms with Crippen LogP contribution >= 0.6 is 0 Å². The first-order chi connectivity index (χ1) is 10.4. The fraction of sp³-hybridized carbons (Fsp3) is 0.529. The zero-order valence-electron chi connectivity index (χ0n) is 13.4. The van der Waals surface area contributed by atoms with Crippen molar-refractivity contribution < 1.29 is 9.52 Å². The van der Waals surface area contributed by atoms with Crippen molar-refractivity contribution in [1.82, 2.24) is 15.1 Å². The van der Waals surface area contributed by atoms with Crippen LogP contribution in [0.15, 0.2) is 28.7 Å². The lowest BCUT2D eigenvalue weighted by molar-refractivity contribution is -0.00723. The lowest BCUT2D eigenvalue weighted by Gasteiger charge is -2.32. The summed E-state index contributed by atoms with van der Waals surface area (Å²) in [6, 6.07) is 8.17. The first kappa shape index (κ1) is 15.2. The van der Waals surface area contributed by atoms with Crippen LogP contribution in [0.3, 0.4) is 0 Å². The third kappa shape index (κ3) is 3.20. The maximum atomic E-state index is 10.3. The Labute approximate surface area is 131 Å². The summed E-state index contributed by atoms with van der Waals surface area (Å²) in [5, 5.41) is 18.6. The highest BCUT2D eigenvalue weighted by Crippen LogP contribution is 2.28. The zero-order valence-corrected chi connectivity index (χ0v) is 13.4. The Bertz CT molecular complexity index is 645. The van der Waals surface area contributed by atoms with Gasteiger partial charge in [0.05, 0.1) is 12.1 Å². The average molecular weight is 301 g/mol. The van der Waals surface area contributed by atoms with Gasteiger partial charge in [-0.15, -0.1) is 10.2 Å². The maximum absolute atomic E-state index is 10.3. The molecule has 0 radical (unpaired) electrons. The topological polar surface area (TPSA) is 62.4 Å². The number of nitrogens with zero attached hydrogens (tertiary/aromatic N) is 3. The van der Waals surface area contributed by atoms with E-state index in [1.165, 1.54) is 5.56 Å². The largest absolute Gasteiger partial charge is 0.419 e. The fourth-order valence-corrected chi connectivity index (χ4v) is 3.20. The van der Waals surface area contributed by atoms with E-state index >= 15 is 0 Å². The van der Waals surface area contributed by atoms with Gasteiger partial charge in [0.15, 0.2) is 0 Å². The molecule has 1 aromatic heterocycles. The lowest BCUT2D eigenvalue weighted by Crippen LogP contribution is -2.45. The van der Waals surface area contributed by atoms with Crippen LogP contribution < -0.4 is 0 Å². The molecule has 1 aliphatic heterocycles. The predicted octanol–water partition coefficient (Wildman–Crippen LogP) is 2.78. The molecule has 0 bridgehead atoms. The number of aryl methyl sites for hydroxylation is 1. The molecule has 1 aromatic carbocycles. The molecule has 1 aliphatic rings. The van der Waals surface area contributed by atoms with Crippen LogP contribution in [0.5, 0.6) is 0 Å². The van der Waals surface area contributed by atoms with Gasteiger partial charge in [-0.3, -0.25) is 4.90 Å². The van der Waals surface area contributed by atoms with Crippen LogP contribution in [0.2, 0.25) is 0 Å². The van der Waals surface area contributed by atoms with Crippen molar-refractivity contribution in [3.8, 4) is 11.5 Å². The van der Waals surface area contributed by atoms with E-state index in [-0.39, 0.29) is 6.04 Å². The van der Waals surface area contributed by atoms with Gasteiger partial charge >= 0.3 is 0 Å². The highest BCUT2D eigenvalue weighted by atomic mass is 16.4. The van der Waals surface area contributed by atoms with Gasteiger partial charge in [-0.05, 0) is 52.3 Å². The minimum atomic E-state index is -0.712. The van der Waals surface area contributed by atoms with Gasteiger partial charge < -0.3 is 9.52 Å².